The molecule has 194 valence electrons. The van der Waals surface area contributed by atoms with Crippen molar-refractivity contribution in [1.82, 2.24) is 0 Å². The molecule has 15 heteroatoms. The van der Waals surface area contributed by atoms with Crippen LogP contribution in [0.3, 0.4) is 0 Å². The van der Waals surface area contributed by atoms with Crippen LogP contribution < -0.4 is 4.18 Å². The molecule has 0 saturated heterocycles. The maximum absolute atomic E-state index is 14.1. The van der Waals surface area contributed by atoms with Crippen LogP contribution in [-0.4, -0.2) is 37.8 Å². The first-order valence-corrected chi connectivity index (χ1v) is 13.5. The molecular formula is C21H14F6O6S3. The van der Waals surface area contributed by atoms with Crippen molar-refractivity contribution < 1.29 is 51.9 Å². The Morgan fingerprint density at radius 2 is 1.08 bits per heavy atom. The molecular weight excluding hydrogens is 558 g/mol. The first kappa shape index (κ1) is 27.8. The predicted octanol–water partition coefficient (Wildman–Crippen LogP) is 4.86. The first-order chi connectivity index (χ1) is 16.5. The van der Waals surface area contributed by atoms with Gasteiger partial charge in [0.1, 0.15) is 5.75 Å². The Bertz CT molecular complexity index is 1390. The molecule has 0 saturated carbocycles. The molecule has 3 rings (SSSR count). The molecule has 0 spiro atoms. The Kier molecular flexibility index (Phi) is 7.43. The third-order valence-corrected chi connectivity index (χ3v) is 8.96. The second-order valence-corrected chi connectivity index (χ2v) is 12.0. The van der Waals surface area contributed by atoms with Crippen LogP contribution >= 0.6 is 0 Å². The monoisotopic (exact) mass is 572 g/mol. The van der Waals surface area contributed by atoms with Crippen LogP contribution in [0.25, 0.3) is 0 Å². The summed E-state index contributed by atoms with van der Waals surface area (Å²) in [6, 6.07) is 21.5. The van der Waals surface area contributed by atoms with Crippen LogP contribution in [0.15, 0.2) is 99.6 Å². The normalized spacial score (nSPS) is 13.6. The minimum atomic E-state index is -7.39. The average Bonchev–Trinajstić information content (AvgIpc) is 2.79. The van der Waals surface area contributed by atoms with E-state index in [2.05, 4.69) is 4.18 Å². The number of halogens is 6. The largest absolute Gasteiger partial charge is 0.743 e. The lowest BCUT2D eigenvalue weighted by atomic mass is 10.3. The van der Waals surface area contributed by atoms with Gasteiger partial charge in [-0.3, -0.25) is 0 Å². The highest BCUT2D eigenvalue weighted by molar-refractivity contribution is 7.97. The van der Waals surface area contributed by atoms with E-state index in [1.807, 2.05) is 0 Å². The molecule has 36 heavy (non-hydrogen) atoms. The van der Waals surface area contributed by atoms with Crippen LogP contribution in [0.4, 0.5) is 26.3 Å². The molecule has 3 aromatic carbocycles. The summed E-state index contributed by atoms with van der Waals surface area (Å²) in [6.45, 7) is 0. The minimum absolute atomic E-state index is 0.280. The fourth-order valence-electron chi connectivity index (χ4n) is 2.84. The lowest BCUT2D eigenvalue weighted by Crippen LogP contribution is -2.61. The van der Waals surface area contributed by atoms with Gasteiger partial charge >= 0.3 is 26.5 Å². The van der Waals surface area contributed by atoms with Gasteiger partial charge in [-0.05, 0) is 36.4 Å². The van der Waals surface area contributed by atoms with Crippen molar-refractivity contribution in [2.45, 2.75) is 31.1 Å². The molecule has 0 aliphatic heterocycles. The lowest BCUT2D eigenvalue weighted by Gasteiger charge is -2.32. The van der Waals surface area contributed by atoms with Crippen molar-refractivity contribution in [3.8, 4) is 5.75 Å². The molecule has 0 aliphatic carbocycles. The lowest BCUT2D eigenvalue weighted by molar-refractivity contribution is -0.247. The van der Waals surface area contributed by atoms with Crippen LogP contribution in [-0.2, 0) is 31.1 Å². The summed E-state index contributed by atoms with van der Waals surface area (Å²) in [5.74, 6) is -8.10. The van der Waals surface area contributed by atoms with Gasteiger partial charge in [0.25, 0.3) is 0 Å². The Morgan fingerprint density at radius 3 is 1.53 bits per heavy atom. The maximum atomic E-state index is 14.1. The van der Waals surface area contributed by atoms with E-state index in [1.165, 1.54) is 6.07 Å². The van der Waals surface area contributed by atoms with Gasteiger partial charge in [-0.15, -0.1) is 0 Å². The quantitative estimate of drug-likeness (QED) is 0.157. The van der Waals surface area contributed by atoms with Crippen molar-refractivity contribution in [2.24, 2.45) is 0 Å². The summed E-state index contributed by atoms with van der Waals surface area (Å²) in [6.07, 6.45) is 0. The van der Waals surface area contributed by atoms with Gasteiger partial charge in [-0.2, -0.15) is 34.8 Å². The molecule has 6 nitrogen and oxygen atoms in total. The number of hydrogen-bond donors (Lipinski definition) is 0. The molecule has 0 N–H and O–H groups in total. The third kappa shape index (κ3) is 4.92. The van der Waals surface area contributed by atoms with Crippen molar-refractivity contribution in [3.05, 3.63) is 84.9 Å². The minimum Gasteiger partial charge on any atom is -0.743 e. The predicted molar refractivity (Wildman–Crippen MR) is 116 cm³/mol. The Balaban J connectivity index is 2.04. The van der Waals surface area contributed by atoms with E-state index in [9.17, 15) is 47.7 Å². The van der Waals surface area contributed by atoms with Crippen molar-refractivity contribution >= 4 is 31.1 Å². The van der Waals surface area contributed by atoms with Gasteiger partial charge in [0.15, 0.2) is 24.8 Å². The van der Waals surface area contributed by atoms with Gasteiger partial charge in [0.2, 0.25) is 0 Å². The molecule has 3 aromatic rings. The second-order valence-electron chi connectivity index (χ2n) is 7.01. The number of hydrogen-bond acceptors (Lipinski definition) is 6. The van der Waals surface area contributed by atoms with E-state index in [-0.39, 0.29) is 4.90 Å². The fraction of sp³-hybridized carbons (Fsp3) is 0.143. The molecule has 0 aromatic heterocycles. The molecule has 0 unspecified atom stereocenters. The number of benzene rings is 3. The summed E-state index contributed by atoms with van der Waals surface area (Å²) in [4.78, 5) is 1.67. The highest BCUT2D eigenvalue weighted by Gasteiger charge is 2.81. The van der Waals surface area contributed by atoms with Crippen molar-refractivity contribution in [1.29, 1.82) is 0 Å². The van der Waals surface area contributed by atoms with Crippen LogP contribution in [0.1, 0.15) is 0 Å². The zero-order valence-corrected chi connectivity index (χ0v) is 20.0. The van der Waals surface area contributed by atoms with Crippen LogP contribution in [0, 0.1) is 0 Å². The van der Waals surface area contributed by atoms with Gasteiger partial charge in [0.05, 0.1) is 10.9 Å². The molecule has 0 aliphatic rings. The zero-order chi connectivity index (χ0) is 27.0. The SMILES string of the molecule is O=S(=O)([O-])C(F)(F)C(F)(F)C(F)(F)S(=O)(=O)Oc1cccc([S+](c2ccccc2)c2ccccc2)c1. The molecule has 0 radical (unpaired) electrons. The average molecular weight is 573 g/mol. The van der Waals surface area contributed by atoms with E-state index in [4.69, 9.17) is 0 Å². The van der Waals surface area contributed by atoms with Gasteiger partial charge < -0.3 is 8.74 Å². The summed E-state index contributed by atoms with van der Waals surface area (Å²) in [7, 11) is -15.3. The summed E-state index contributed by atoms with van der Waals surface area (Å²) in [5.41, 5.74) is 0. The molecule has 0 amide bonds. The number of alkyl halides is 6. The van der Waals surface area contributed by atoms with E-state index in [0.29, 0.717) is 9.79 Å². The zero-order valence-electron chi connectivity index (χ0n) is 17.5. The van der Waals surface area contributed by atoms with E-state index >= 15 is 0 Å². The highest BCUT2D eigenvalue weighted by atomic mass is 32.2. The fourth-order valence-corrected chi connectivity index (χ4v) is 6.37. The molecule has 0 atom stereocenters. The number of rotatable bonds is 9. The van der Waals surface area contributed by atoms with Crippen LogP contribution in [0.2, 0.25) is 0 Å². The second kappa shape index (κ2) is 9.61. The molecule has 0 heterocycles. The van der Waals surface area contributed by atoms with Crippen LogP contribution in [0.5, 0.6) is 5.75 Å². The van der Waals surface area contributed by atoms with Crippen molar-refractivity contribution in [3.63, 3.8) is 0 Å². The van der Waals surface area contributed by atoms with Gasteiger partial charge in [0, 0.05) is 6.07 Å². The topological polar surface area (TPSA) is 101 Å². The molecule has 0 fully saturated rings. The summed E-state index contributed by atoms with van der Waals surface area (Å²) < 4.78 is 142. The Morgan fingerprint density at radius 1 is 0.639 bits per heavy atom. The smallest absolute Gasteiger partial charge is 0.450 e. The standard InChI is InChI=1S/C21H14F6O6S3/c22-19(23,20(24,25)35(28,29)30)21(26,27)36(31,32)33-15-8-7-13-18(14-15)34(16-9-3-1-4-10-16)17-11-5-2-6-12-17/h1-14H. The Labute approximate surface area is 204 Å². The molecule has 0 bridgehead atoms. The first-order valence-electron chi connectivity index (χ1n) is 9.50. The maximum Gasteiger partial charge on any atom is 0.450 e. The van der Waals surface area contributed by atoms with Gasteiger partial charge in [-0.25, -0.2) is 8.42 Å². The van der Waals surface area contributed by atoms with Gasteiger partial charge in [-0.1, -0.05) is 42.5 Å². The summed E-state index contributed by atoms with van der Waals surface area (Å²) >= 11 is 0. The van der Waals surface area contributed by atoms with E-state index < -0.39 is 53.3 Å². The highest BCUT2D eigenvalue weighted by Crippen LogP contribution is 2.51. The Hall–Kier alpha value is -2.75. The van der Waals surface area contributed by atoms with E-state index in [1.54, 1.807) is 60.7 Å². The third-order valence-electron chi connectivity index (χ3n) is 4.56. The summed E-state index contributed by atoms with van der Waals surface area (Å²) in [5, 5.41) is -13.8. The van der Waals surface area contributed by atoms with E-state index in [0.717, 1.165) is 18.2 Å². The van der Waals surface area contributed by atoms with Crippen molar-refractivity contribution in [2.75, 3.05) is 0 Å².